The maximum atomic E-state index is 12.7. The number of aromatic nitrogens is 3. The topological polar surface area (TPSA) is 83.7 Å². The standard InChI is InChI=1S/C17H31N5O3/c1-13-9-21(14(2)11-23)17(24)6-5-7-22-15(8-18-19-22)12-25-16(13)10-20(3)4/h8,13-14,16,23H,5-7,9-12H2,1-4H3/t13-,14+,16+/m0/s1. The van der Waals surface area contributed by atoms with Crippen LogP contribution in [0.3, 0.4) is 0 Å². The third-order valence-electron chi connectivity index (χ3n) is 4.68. The second-order valence-electron chi connectivity index (χ2n) is 7.22. The van der Waals surface area contributed by atoms with Gasteiger partial charge in [-0.15, -0.1) is 5.10 Å². The zero-order valence-electron chi connectivity index (χ0n) is 15.8. The molecule has 0 fully saturated rings. The number of fused-ring (bicyclic) bond motifs is 1. The number of aryl methyl sites for hydroxylation is 1. The van der Waals surface area contributed by atoms with Crippen LogP contribution >= 0.6 is 0 Å². The van der Waals surface area contributed by atoms with Crippen LogP contribution in [0.4, 0.5) is 0 Å². The van der Waals surface area contributed by atoms with E-state index in [1.54, 1.807) is 11.1 Å². The highest BCUT2D eigenvalue weighted by Gasteiger charge is 2.27. The Morgan fingerprint density at radius 2 is 2.24 bits per heavy atom. The van der Waals surface area contributed by atoms with E-state index in [0.29, 0.717) is 32.5 Å². The van der Waals surface area contributed by atoms with Gasteiger partial charge in [-0.2, -0.15) is 0 Å². The fourth-order valence-electron chi connectivity index (χ4n) is 3.11. The zero-order valence-corrected chi connectivity index (χ0v) is 15.8. The Labute approximate surface area is 149 Å². The summed E-state index contributed by atoms with van der Waals surface area (Å²) in [5.41, 5.74) is 0.935. The van der Waals surface area contributed by atoms with Gasteiger partial charge in [0, 0.05) is 32.0 Å². The second kappa shape index (κ2) is 9.26. The number of hydrogen-bond acceptors (Lipinski definition) is 6. The van der Waals surface area contributed by atoms with Gasteiger partial charge in [0.1, 0.15) is 0 Å². The summed E-state index contributed by atoms with van der Waals surface area (Å²) >= 11 is 0. The van der Waals surface area contributed by atoms with E-state index in [1.807, 2.05) is 25.7 Å². The Kier molecular flexibility index (Phi) is 7.34. The van der Waals surface area contributed by atoms with Crippen LogP contribution in [0.2, 0.25) is 0 Å². The molecule has 2 heterocycles. The highest BCUT2D eigenvalue weighted by Crippen LogP contribution is 2.17. The molecule has 0 unspecified atom stereocenters. The van der Waals surface area contributed by atoms with Gasteiger partial charge in [0.15, 0.2) is 0 Å². The number of aliphatic hydroxyl groups is 1. The van der Waals surface area contributed by atoms with Crippen LogP contribution in [0.15, 0.2) is 6.20 Å². The number of carbonyl (C=O) groups excluding carboxylic acids is 1. The summed E-state index contributed by atoms with van der Waals surface area (Å²) in [5, 5.41) is 17.6. The van der Waals surface area contributed by atoms with E-state index in [9.17, 15) is 9.90 Å². The largest absolute Gasteiger partial charge is 0.394 e. The van der Waals surface area contributed by atoms with E-state index in [1.165, 1.54) is 0 Å². The van der Waals surface area contributed by atoms with Crippen LogP contribution in [-0.2, 0) is 22.7 Å². The summed E-state index contributed by atoms with van der Waals surface area (Å²) in [4.78, 5) is 16.6. The molecule has 2 rings (SSSR count). The van der Waals surface area contributed by atoms with Crippen LogP contribution in [0.5, 0.6) is 0 Å². The fraction of sp³-hybridized carbons (Fsp3) is 0.824. The van der Waals surface area contributed by atoms with Gasteiger partial charge in [0.25, 0.3) is 0 Å². The summed E-state index contributed by atoms with van der Waals surface area (Å²) in [6, 6.07) is -0.195. The monoisotopic (exact) mass is 353 g/mol. The Hall–Kier alpha value is -1.51. The zero-order chi connectivity index (χ0) is 18.4. The third kappa shape index (κ3) is 5.49. The number of amides is 1. The van der Waals surface area contributed by atoms with E-state index >= 15 is 0 Å². The van der Waals surface area contributed by atoms with Crippen molar-refractivity contribution in [2.75, 3.05) is 33.8 Å². The van der Waals surface area contributed by atoms with Crippen LogP contribution < -0.4 is 0 Å². The van der Waals surface area contributed by atoms with Gasteiger partial charge in [-0.05, 0) is 27.4 Å². The Morgan fingerprint density at radius 3 is 2.92 bits per heavy atom. The number of nitrogens with zero attached hydrogens (tertiary/aromatic N) is 5. The molecule has 1 aromatic heterocycles. The average molecular weight is 353 g/mol. The molecule has 0 aromatic carbocycles. The lowest BCUT2D eigenvalue weighted by molar-refractivity contribution is -0.136. The van der Waals surface area contributed by atoms with Crippen LogP contribution in [-0.4, -0.2) is 81.7 Å². The molecule has 142 valence electrons. The first-order valence-electron chi connectivity index (χ1n) is 8.96. The molecule has 1 aliphatic rings. The molecule has 0 aliphatic carbocycles. The molecule has 8 heteroatoms. The minimum Gasteiger partial charge on any atom is -0.394 e. The molecule has 1 aliphatic heterocycles. The highest BCUT2D eigenvalue weighted by molar-refractivity contribution is 5.76. The lowest BCUT2D eigenvalue weighted by Gasteiger charge is -2.35. The van der Waals surface area contributed by atoms with E-state index in [-0.39, 0.29) is 30.6 Å². The van der Waals surface area contributed by atoms with Gasteiger partial charge >= 0.3 is 0 Å². The number of aliphatic hydroxyl groups excluding tert-OH is 1. The summed E-state index contributed by atoms with van der Waals surface area (Å²) in [7, 11) is 4.02. The first kappa shape index (κ1) is 19.8. The molecule has 0 saturated heterocycles. The molecule has 8 nitrogen and oxygen atoms in total. The summed E-state index contributed by atoms with van der Waals surface area (Å²) < 4.78 is 7.99. The number of ether oxygens (including phenoxy) is 1. The Morgan fingerprint density at radius 1 is 1.48 bits per heavy atom. The van der Waals surface area contributed by atoms with Crippen molar-refractivity contribution in [1.29, 1.82) is 0 Å². The molecular formula is C17H31N5O3. The number of hydrogen-bond donors (Lipinski definition) is 1. The van der Waals surface area contributed by atoms with Gasteiger partial charge in [0.2, 0.25) is 5.91 Å². The number of carbonyl (C=O) groups is 1. The highest BCUT2D eigenvalue weighted by atomic mass is 16.5. The molecule has 3 atom stereocenters. The predicted molar refractivity (Wildman–Crippen MR) is 93.8 cm³/mol. The Bertz CT molecular complexity index is 548. The van der Waals surface area contributed by atoms with E-state index in [0.717, 1.165) is 12.2 Å². The SMILES string of the molecule is C[C@H](CO)N1C[C@H](C)[C@@H](CN(C)C)OCc2cnnn2CCCC1=O. The lowest BCUT2D eigenvalue weighted by Crippen LogP contribution is -2.47. The normalized spacial score (nSPS) is 24.6. The molecule has 1 amide bonds. The molecule has 0 bridgehead atoms. The van der Waals surface area contributed by atoms with Gasteiger partial charge < -0.3 is 19.6 Å². The third-order valence-corrected chi connectivity index (χ3v) is 4.68. The first-order chi connectivity index (χ1) is 11.9. The Balaban J connectivity index is 2.22. The first-order valence-corrected chi connectivity index (χ1v) is 8.96. The maximum absolute atomic E-state index is 12.7. The second-order valence-corrected chi connectivity index (χ2v) is 7.22. The maximum Gasteiger partial charge on any atom is 0.222 e. The minimum absolute atomic E-state index is 0.0287. The number of rotatable bonds is 4. The van der Waals surface area contributed by atoms with Crippen molar-refractivity contribution in [3.8, 4) is 0 Å². The predicted octanol–water partition coefficient (Wildman–Crippen LogP) is 0.364. The minimum atomic E-state index is -0.195. The van der Waals surface area contributed by atoms with Gasteiger partial charge in [-0.3, -0.25) is 4.79 Å². The fourth-order valence-corrected chi connectivity index (χ4v) is 3.11. The van der Waals surface area contributed by atoms with Crippen molar-refractivity contribution >= 4 is 5.91 Å². The van der Waals surface area contributed by atoms with Crippen molar-refractivity contribution in [3.63, 3.8) is 0 Å². The van der Waals surface area contributed by atoms with Gasteiger partial charge in [-0.1, -0.05) is 12.1 Å². The van der Waals surface area contributed by atoms with Crippen molar-refractivity contribution in [3.05, 3.63) is 11.9 Å². The van der Waals surface area contributed by atoms with Crippen molar-refractivity contribution in [2.24, 2.45) is 5.92 Å². The van der Waals surface area contributed by atoms with Crippen molar-refractivity contribution in [2.45, 2.75) is 52.0 Å². The van der Waals surface area contributed by atoms with Crippen molar-refractivity contribution in [1.82, 2.24) is 24.8 Å². The quantitative estimate of drug-likeness (QED) is 0.842. The molecular weight excluding hydrogens is 322 g/mol. The van der Waals surface area contributed by atoms with Crippen molar-refractivity contribution < 1.29 is 14.6 Å². The van der Waals surface area contributed by atoms with E-state index < -0.39 is 0 Å². The van der Waals surface area contributed by atoms with E-state index in [2.05, 4.69) is 22.1 Å². The molecule has 1 N–H and O–H groups in total. The van der Waals surface area contributed by atoms with Gasteiger partial charge in [0.05, 0.1) is 37.3 Å². The average Bonchev–Trinajstić information content (AvgIpc) is 3.01. The molecule has 0 radical (unpaired) electrons. The number of likely N-dealkylation sites (N-methyl/N-ethyl adjacent to an activating group) is 1. The molecule has 0 saturated carbocycles. The smallest absolute Gasteiger partial charge is 0.222 e. The lowest BCUT2D eigenvalue weighted by atomic mass is 10.0. The van der Waals surface area contributed by atoms with Crippen LogP contribution in [0.25, 0.3) is 0 Å². The summed E-state index contributed by atoms with van der Waals surface area (Å²) in [5.74, 6) is 0.211. The van der Waals surface area contributed by atoms with E-state index in [4.69, 9.17) is 4.74 Å². The molecule has 0 spiro atoms. The molecule has 1 aromatic rings. The van der Waals surface area contributed by atoms with Gasteiger partial charge in [-0.25, -0.2) is 4.68 Å². The summed E-state index contributed by atoms with van der Waals surface area (Å²) in [6.45, 7) is 6.38. The van der Waals surface area contributed by atoms with Crippen LogP contribution in [0.1, 0.15) is 32.4 Å². The molecule has 25 heavy (non-hydrogen) atoms. The van der Waals surface area contributed by atoms with Crippen LogP contribution in [0, 0.1) is 5.92 Å². The summed E-state index contributed by atoms with van der Waals surface area (Å²) in [6.07, 6.45) is 2.83.